The Labute approximate surface area is 109 Å². The van der Waals surface area contributed by atoms with E-state index in [1.807, 2.05) is 31.2 Å². The van der Waals surface area contributed by atoms with Crippen molar-refractivity contribution >= 4 is 22.4 Å². The first-order valence-corrected chi connectivity index (χ1v) is 6.74. The molecule has 0 spiro atoms. The number of rotatable bonds is 4. The van der Waals surface area contributed by atoms with Crippen LogP contribution in [0.5, 0.6) is 0 Å². The van der Waals surface area contributed by atoms with Crippen LogP contribution >= 0.6 is 11.3 Å². The molecule has 0 saturated heterocycles. The predicted octanol–water partition coefficient (Wildman–Crippen LogP) is 2.62. The smallest absolute Gasteiger partial charge is 0.121 e. The van der Waals surface area contributed by atoms with Crippen molar-refractivity contribution in [3.63, 3.8) is 0 Å². The van der Waals surface area contributed by atoms with Crippen LogP contribution < -0.4 is 5.32 Å². The van der Waals surface area contributed by atoms with Crippen LogP contribution in [0.2, 0.25) is 0 Å². The number of hydrogen-bond donors (Lipinski definition) is 2. The number of aromatic nitrogens is 3. The molecule has 4 nitrogen and oxygen atoms in total. The third kappa shape index (κ3) is 2.42. The van der Waals surface area contributed by atoms with Gasteiger partial charge in [-0.3, -0.25) is 0 Å². The largest absolute Gasteiger partial charge is 0.341 e. The Morgan fingerprint density at radius 2 is 2.11 bits per heavy atom. The fraction of sp³-hybridized carbons (Fsp3) is 0.231. The molecule has 0 amide bonds. The average molecular weight is 258 g/mol. The van der Waals surface area contributed by atoms with Crippen LogP contribution in [0, 0.1) is 6.92 Å². The lowest BCUT2D eigenvalue weighted by Gasteiger charge is -1.98. The normalized spacial score (nSPS) is 11.2. The molecule has 92 valence electrons. The summed E-state index contributed by atoms with van der Waals surface area (Å²) in [4.78, 5) is 12.2. The summed E-state index contributed by atoms with van der Waals surface area (Å²) in [7, 11) is 0. The first kappa shape index (κ1) is 11.4. The van der Waals surface area contributed by atoms with E-state index in [1.165, 1.54) is 0 Å². The molecule has 18 heavy (non-hydrogen) atoms. The summed E-state index contributed by atoms with van der Waals surface area (Å²) in [5.41, 5.74) is 3.18. The zero-order valence-corrected chi connectivity index (χ0v) is 10.9. The summed E-state index contributed by atoms with van der Waals surface area (Å²) in [5, 5.41) is 6.53. The number of benzene rings is 1. The number of nitrogens with zero attached hydrogens (tertiary/aromatic N) is 2. The molecule has 0 unspecified atom stereocenters. The number of nitrogens with one attached hydrogen (secondary N) is 2. The maximum absolute atomic E-state index is 4.51. The highest BCUT2D eigenvalue weighted by atomic mass is 32.1. The van der Waals surface area contributed by atoms with Crippen LogP contribution in [0.3, 0.4) is 0 Å². The zero-order valence-electron chi connectivity index (χ0n) is 10.1. The van der Waals surface area contributed by atoms with Crippen LogP contribution in [-0.4, -0.2) is 15.0 Å². The second-order valence-electron chi connectivity index (χ2n) is 4.19. The van der Waals surface area contributed by atoms with E-state index in [-0.39, 0.29) is 0 Å². The van der Waals surface area contributed by atoms with Gasteiger partial charge in [-0.05, 0) is 19.1 Å². The van der Waals surface area contributed by atoms with Crippen molar-refractivity contribution in [2.24, 2.45) is 0 Å². The van der Waals surface area contributed by atoms with Crippen molar-refractivity contribution in [2.75, 3.05) is 0 Å². The molecule has 0 fully saturated rings. The molecule has 1 aromatic carbocycles. The molecule has 0 aliphatic heterocycles. The highest BCUT2D eigenvalue weighted by Crippen LogP contribution is 2.11. The van der Waals surface area contributed by atoms with Crippen molar-refractivity contribution in [1.82, 2.24) is 20.3 Å². The third-order valence-corrected chi connectivity index (χ3v) is 3.64. The van der Waals surface area contributed by atoms with Gasteiger partial charge in [0, 0.05) is 17.6 Å². The van der Waals surface area contributed by atoms with E-state index in [2.05, 4.69) is 25.6 Å². The SMILES string of the molecule is Cc1csc(CNCc2nc3ccccc3[nH]2)n1. The Morgan fingerprint density at radius 3 is 2.89 bits per heavy atom. The van der Waals surface area contributed by atoms with Gasteiger partial charge in [-0.1, -0.05) is 12.1 Å². The number of fused-ring (bicyclic) bond motifs is 1. The summed E-state index contributed by atoms with van der Waals surface area (Å²) < 4.78 is 0. The summed E-state index contributed by atoms with van der Waals surface area (Å²) in [6, 6.07) is 8.06. The Balaban J connectivity index is 1.62. The second-order valence-corrected chi connectivity index (χ2v) is 5.13. The average Bonchev–Trinajstić information content (AvgIpc) is 2.95. The van der Waals surface area contributed by atoms with E-state index in [1.54, 1.807) is 11.3 Å². The Kier molecular flexibility index (Phi) is 3.08. The van der Waals surface area contributed by atoms with Gasteiger partial charge in [0.1, 0.15) is 10.8 Å². The van der Waals surface area contributed by atoms with Gasteiger partial charge in [0.05, 0.1) is 17.6 Å². The van der Waals surface area contributed by atoms with E-state index < -0.39 is 0 Å². The standard InChI is InChI=1S/C13H14N4S/c1-9-8-18-13(15-9)7-14-6-12-16-10-4-2-3-5-11(10)17-12/h2-5,8,14H,6-7H2,1H3,(H,16,17). The molecule has 0 aliphatic rings. The molecular weight excluding hydrogens is 244 g/mol. The van der Waals surface area contributed by atoms with Gasteiger partial charge in [0.2, 0.25) is 0 Å². The van der Waals surface area contributed by atoms with E-state index >= 15 is 0 Å². The van der Waals surface area contributed by atoms with Gasteiger partial charge in [-0.15, -0.1) is 11.3 Å². The van der Waals surface area contributed by atoms with Gasteiger partial charge in [0.25, 0.3) is 0 Å². The third-order valence-electron chi connectivity index (χ3n) is 2.67. The number of H-pyrrole nitrogens is 1. The lowest BCUT2D eigenvalue weighted by Crippen LogP contribution is -2.13. The van der Waals surface area contributed by atoms with Crippen molar-refractivity contribution in [1.29, 1.82) is 0 Å². The zero-order chi connectivity index (χ0) is 12.4. The predicted molar refractivity (Wildman–Crippen MR) is 73.5 cm³/mol. The molecule has 2 N–H and O–H groups in total. The van der Waals surface area contributed by atoms with Gasteiger partial charge in [-0.2, -0.15) is 0 Å². The summed E-state index contributed by atoms with van der Waals surface area (Å²) in [5.74, 6) is 0.962. The van der Waals surface area contributed by atoms with Crippen LogP contribution in [0.15, 0.2) is 29.6 Å². The topological polar surface area (TPSA) is 53.6 Å². The Hall–Kier alpha value is -1.72. The molecule has 5 heteroatoms. The van der Waals surface area contributed by atoms with Crippen molar-refractivity contribution < 1.29 is 0 Å². The molecule has 0 bridgehead atoms. The lowest BCUT2D eigenvalue weighted by molar-refractivity contribution is 0.667. The highest BCUT2D eigenvalue weighted by Gasteiger charge is 2.02. The quantitative estimate of drug-likeness (QED) is 0.756. The molecule has 0 aliphatic carbocycles. The number of aromatic amines is 1. The Bertz CT molecular complexity index is 623. The van der Waals surface area contributed by atoms with Gasteiger partial charge < -0.3 is 10.3 Å². The Morgan fingerprint density at radius 1 is 1.22 bits per heavy atom. The first-order valence-electron chi connectivity index (χ1n) is 5.86. The van der Waals surface area contributed by atoms with Crippen LogP contribution in [0.25, 0.3) is 11.0 Å². The van der Waals surface area contributed by atoms with Crippen LogP contribution in [0.1, 0.15) is 16.5 Å². The molecule has 3 rings (SSSR count). The monoisotopic (exact) mass is 258 g/mol. The molecule has 0 saturated carbocycles. The van der Waals surface area contributed by atoms with Crippen molar-refractivity contribution in [2.45, 2.75) is 20.0 Å². The van der Waals surface area contributed by atoms with Crippen molar-refractivity contribution in [3.8, 4) is 0 Å². The minimum Gasteiger partial charge on any atom is -0.341 e. The number of hydrogen-bond acceptors (Lipinski definition) is 4. The van der Waals surface area contributed by atoms with Crippen molar-refractivity contribution in [3.05, 3.63) is 46.2 Å². The number of imidazole rings is 1. The van der Waals surface area contributed by atoms with E-state index in [0.717, 1.165) is 40.6 Å². The molecule has 2 heterocycles. The van der Waals surface area contributed by atoms with Gasteiger partial charge in [0.15, 0.2) is 0 Å². The molecule has 2 aromatic heterocycles. The molecule has 0 atom stereocenters. The summed E-state index contributed by atoms with van der Waals surface area (Å²) >= 11 is 1.69. The summed E-state index contributed by atoms with van der Waals surface area (Å²) in [6.07, 6.45) is 0. The highest BCUT2D eigenvalue weighted by molar-refractivity contribution is 7.09. The van der Waals surface area contributed by atoms with E-state index in [0.29, 0.717) is 0 Å². The van der Waals surface area contributed by atoms with Crippen LogP contribution in [0.4, 0.5) is 0 Å². The first-order chi connectivity index (χ1) is 8.81. The van der Waals surface area contributed by atoms with Gasteiger partial charge >= 0.3 is 0 Å². The number of aryl methyl sites for hydroxylation is 1. The lowest BCUT2D eigenvalue weighted by atomic mass is 10.3. The van der Waals surface area contributed by atoms with Crippen LogP contribution in [-0.2, 0) is 13.1 Å². The fourth-order valence-electron chi connectivity index (χ4n) is 1.86. The van der Waals surface area contributed by atoms with Gasteiger partial charge in [-0.25, -0.2) is 9.97 Å². The fourth-order valence-corrected chi connectivity index (χ4v) is 2.60. The second kappa shape index (κ2) is 4.88. The minimum atomic E-state index is 0.729. The molecular formula is C13H14N4S. The maximum Gasteiger partial charge on any atom is 0.121 e. The minimum absolute atomic E-state index is 0.729. The number of thiazole rings is 1. The van der Waals surface area contributed by atoms with E-state index in [4.69, 9.17) is 0 Å². The molecule has 0 radical (unpaired) electrons. The van der Waals surface area contributed by atoms with E-state index in [9.17, 15) is 0 Å². The molecule has 3 aromatic rings. The summed E-state index contributed by atoms with van der Waals surface area (Å²) in [6.45, 7) is 3.53. The maximum atomic E-state index is 4.51. The number of para-hydroxylation sites is 2.